The summed E-state index contributed by atoms with van der Waals surface area (Å²) in [4.78, 5) is 0. The minimum absolute atomic E-state index is 0.221. The van der Waals surface area contributed by atoms with Crippen LogP contribution in [0, 0.1) is 0 Å². The summed E-state index contributed by atoms with van der Waals surface area (Å²) in [6.45, 7) is 4.62. The Hall–Kier alpha value is -1.18. The first kappa shape index (κ1) is 14.7. The van der Waals surface area contributed by atoms with Gasteiger partial charge in [0.1, 0.15) is 0 Å². The molecule has 0 saturated carbocycles. The molecule has 0 bridgehead atoms. The molecular formula is C18H19Cl2N. The summed E-state index contributed by atoms with van der Waals surface area (Å²) in [5, 5.41) is 4.89. The van der Waals surface area contributed by atoms with Crippen molar-refractivity contribution in [2.75, 3.05) is 5.32 Å². The van der Waals surface area contributed by atoms with E-state index in [-0.39, 0.29) is 11.5 Å². The van der Waals surface area contributed by atoms with Crippen molar-refractivity contribution < 1.29 is 0 Å². The molecule has 3 heteroatoms. The first-order chi connectivity index (χ1) is 9.99. The zero-order chi connectivity index (χ0) is 15.0. The van der Waals surface area contributed by atoms with Crippen LogP contribution in [0.25, 0.3) is 0 Å². The van der Waals surface area contributed by atoms with E-state index in [1.165, 1.54) is 11.1 Å². The van der Waals surface area contributed by atoms with Crippen LogP contribution >= 0.6 is 23.2 Å². The lowest BCUT2D eigenvalue weighted by Crippen LogP contribution is -2.29. The van der Waals surface area contributed by atoms with Crippen LogP contribution in [0.5, 0.6) is 0 Å². The largest absolute Gasteiger partial charge is 0.376 e. The van der Waals surface area contributed by atoms with Crippen molar-refractivity contribution in [2.45, 2.75) is 38.1 Å². The van der Waals surface area contributed by atoms with Gasteiger partial charge in [-0.05, 0) is 41.5 Å². The third-order valence-corrected chi connectivity index (χ3v) is 5.03. The molecule has 2 aromatic carbocycles. The standard InChI is InChI=1S/C18H19Cl2N/c1-18(2)11-10-16(12-6-3-4-7-13(12)18)21-17-14(19)8-5-9-15(17)20/h3-9,16,21H,10-11H2,1-2H3. The van der Waals surface area contributed by atoms with Gasteiger partial charge in [0.05, 0.1) is 21.8 Å². The van der Waals surface area contributed by atoms with E-state index >= 15 is 0 Å². The molecule has 0 amide bonds. The van der Waals surface area contributed by atoms with Crippen molar-refractivity contribution in [3.63, 3.8) is 0 Å². The number of para-hydroxylation sites is 1. The third kappa shape index (κ3) is 2.77. The monoisotopic (exact) mass is 319 g/mol. The minimum Gasteiger partial charge on any atom is -0.376 e. The summed E-state index contributed by atoms with van der Waals surface area (Å²) in [5.74, 6) is 0. The maximum absolute atomic E-state index is 6.28. The topological polar surface area (TPSA) is 12.0 Å². The molecule has 0 aliphatic heterocycles. The highest BCUT2D eigenvalue weighted by molar-refractivity contribution is 6.39. The Bertz CT molecular complexity index is 644. The van der Waals surface area contributed by atoms with Gasteiger partial charge in [0.2, 0.25) is 0 Å². The molecule has 0 heterocycles. The van der Waals surface area contributed by atoms with Crippen LogP contribution < -0.4 is 5.32 Å². The number of benzene rings is 2. The Balaban J connectivity index is 1.98. The quantitative estimate of drug-likeness (QED) is 0.693. The summed E-state index contributed by atoms with van der Waals surface area (Å²) in [6, 6.07) is 14.5. The Labute approximate surface area is 136 Å². The fourth-order valence-corrected chi connectivity index (χ4v) is 3.68. The number of hydrogen-bond acceptors (Lipinski definition) is 1. The third-order valence-electron chi connectivity index (χ3n) is 4.40. The van der Waals surface area contributed by atoms with Crippen molar-refractivity contribution in [1.29, 1.82) is 0 Å². The molecule has 1 nitrogen and oxygen atoms in total. The maximum Gasteiger partial charge on any atom is 0.0723 e. The van der Waals surface area contributed by atoms with E-state index in [1.807, 2.05) is 18.2 Å². The van der Waals surface area contributed by atoms with Crippen molar-refractivity contribution in [1.82, 2.24) is 0 Å². The van der Waals surface area contributed by atoms with E-state index in [2.05, 4.69) is 43.4 Å². The summed E-state index contributed by atoms with van der Waals surface area (Å²) in [7, 11) is 0. The molecule has 3 rings (SSSR count). The molecule has 0 fully saturated rings. The molecular weight excluding hydrogens is 301 g/mol. The van der Waals surface area contributed by atoms with Crippen molar-refractivity contribution in [3.8, 4) is 0 Å². The Morgan fingerprint density at radius 1 is 1.00 bits per heavy atom. The van der Waals surface area contributed by atoms with Crippen molar-refractivity contribution in [2.24, 2.45) is 0 Å². The van der Waals surface area contributed by atoms with Gasteiger partial charge in [0.15, 0.2) is 0 Å². The van der Waals surface area contributed by atoms with Crippen molar-refractivity contribution >= 4 is 28.9 Å². The number of nitrogens with one attached hydrogen (secondary N) is 1. The Kier molecular flexibility index (Phi) is 3.90. The molecule has 0 saturated heterocycles. The molecule has 0 aromatic heterocycles. The second-order valence-corrected chi connectivity index (χ2v) is 7.12. The van der Waals surface area contributed by atoms with Crippen LogP contribution in [-0.2, 0) is 5.41 Å². The lowest BCUT2D eigenvalue weighted by atomic mass is 9.71. The number of anilines is 1. The van der Waals surface area contributed by atoms with Crippen LogP contribution in [0.2, 0.25) is 10.0 Å². The van der Waals surface area contributed by atoms with Crippen LogP contribution in [0.1, 0.15) is 43.9 Å². The van der Waals surface area contributed by atoms with Gasteiger partial charge in [0, 0.05) is 0 Å². The molecule has 0 spiro atoms. The SMILES string of the molecule is CC1(C)CCC(Nc2c(Cl)cccc2Cl)c2ccccc21. The highest BCUT2D eigenvalue weighted by Crippen LogP contribution is 2.44. The predicted octanol–water partition coefficient (Wildman–Crippen LogP) is 6.22. The van der Waals surface area contributed by atoms with E-state index in [4.69, 9.17) is 23.2 Å². The molecule has 1 aliphatic carbocycles. The van der Waals surface area contributed by atoms with Gasteiger partial charge < -0.3 is 5.32 Å². The molecule has 0 radical (unpaired) electrons. The van der Waals surface area contributed by atoms with Crippen molar-refractivity contribution in [3.05, 3.63) is 63.6 Å². The van der Waals surface area contributed by atoms with Gasteiger partial charge in [-0.3, -0.25) is 0 Å². The lowest BCUT2D eigenvalue weighted by molar-refractivity contribution is 0.406. The lowest BCUT2D eigenvalue weighted by Gasteiger charge is -2.38. The fraction of sp³-hybridized carbons (Fsp3) is 0.333. The van der Waals surface area contributed by atoms with Gasteiger partial charge in [-0.1, -0.05) is 67.4 Å². The highest BCUT2D eigenvalue weighted by atomic mass is 35.5. The zero-order valence-corrected chi connectivity index (χ0v) is 13.8. The van der Waals surface area contributed by atoms with E-state index in [9.17, 15) is 0 Å². The van der Waals surface area contributed by atoms with Gasteiger partial charge in [0.25, 0.3) is 0 Å². The second-order valence-electron chi connectivity index (χ2n) is 6.30. The predicted molar refractivity (Wildman–Crippen MR) is 91.5 cm³/mol. The van der Waals surface area contributed by atoms with Crippen LogP contribution in [-0.4, -0.2) is 0 Å². The molecule has 1 N–H and O–H groups in total. The first-order valence-corrected chi connectivity index (χ1v) is 8.04. The smallest absolute Gasteiger partial charge is 0.0723 e. The average Bonchev–Trinajstić information content (AvgIpc) is 2.45. The van der Waals surface area contributed by atoms with E-state index in [0.717, 1.165) is 18.5 Å². The molecule has 1 aliphatic rings. The number of halogens is 2. The number of rotatable bonds is 2. The van der Waals surface area contributed by atoms with Gasteiger partial charge in [-0.2, -0.15) is 0 Å². The zero-order valence-electron chi connectivity index (χ0n) is 12.3. The minimum atomic E-state index is 0.221. The summed E-state index contributed by atoms with van der Waals surface area (Å²) < 4.78 is 0. The summed E-state index contributed by atoms with van der Waals surface area (Å²) in [6.07, 6.45) is 2.22. The van der Waals surface area contributed by atoms with E-state index in [0.29, 0.717) is 10.0 Å². The maximum atomic E-state index is 6.28. The highest BCUT2D eigenvalue weighted by Gasteiger charge is 2.32. The Morgan fingerprint density at radius 3 is 2.38 bits per heavy atom. The van der Waals surface area contributed by atoms with Crippen LogP contribution in [0.3, 0.4) is 0 Å². The first-order valence-electron chi connectivity index (χ1n) is 7.29. The molecule has 1 atom stereocenters. The normalized spacial score (nSPS) is 19.9. The summed E-state index contributed by atoms with van der Waals surface area (Å²) in [5.41, 5.74) is 3.82. The van der Waals surface area contributed by atoms with E-state index in [1.54, 1.807) is 0 Å². The molecule has 1 unspecified atom stereocenters. The van der Waals surface area contributed by atoms with Gasteiger partial charge in [-0.25, -0.2) is 0 Å². The fourth-order valence-electron chi connectivity index (χ4n) is 3.17. The average molecular weight is 320 g/mol. The molecule has 110 valence electrons. The van der Waals surface area contributed by atoms with E-state index < -0.39 is 0 Å². The van der Waals surface area contributed by atoms with Gasteiger partial charge in [-0.15, -0.1) is 0 Å². The van der Waals surface area contributed by atoms with Crippen LogP contribution in [0.4, 0.5) is 5.69 Å². The van der Waals surface area contributed by atoms with Gasteiger partial charge >= 0.3 is 0 Å². The summed E-state index contributed by atoms with van der Waals surface area (Å²) >= 11 is 12.6. The number of hydrogen-bond donors (Lipinski definition) is 1. The second kappa shape index (κ2) is 5.55. The van der Waals surface area contributed by atoms with Crippen LogP contribution in [0.15, 0.2) is 42.5 Å². The Morgan fingerprint density at radius 2 is 1.67 bits per heavy atom. The molecule has 21 heavy (non-hydrogen) atoms. The number of fused-ring (bicyclic) bond motifs is 1. The molecule has 2 aromatic rings.